The maximum Gasteiger partial charge on any atom is 0.251 e. The molecule has 0 bridgehead atoms. The Morgan fingerprint density at radius 2 is 2.14 bits per heavy atom. The van der Waals surface area contributed by atoms with E-state index < -0.39 is 0 Å². The van der Waals surface area contributed by atoms with Crippen molar-refractivity contribution in [2.45, 2.75) is 6.10 Å². The Morgan fingerprint density at radius 3 is 2.71 bits per heavy atom. The Labute approximate surface area is 87.0 Å². The Kier molecular flexibility index (Phi) is 2.70. The summed E-state index contributed by atoms with van der Waals surface area (Å²) in [7, 11) is 0. The van der Waals surface area contributed by atoms with Crippen molar-refractivity contribution in [3.63, 3.8) is 0 Å². The molecule has 0 saturated carbocycles. The van der Waals surface area contributed by atoms with Gasteiger partial charge in [0.1, 0.15) is 0 Å². The van der Waals surface area contributed by atoms with Crippen molar-refractivity contribution in [1.82, 2.24) is 5.32 Å². The van der Waals surface area contributed by atoms with Crippen LogP contribution in [0.25, 0.3) is 0 Å². The first-order chi connectivity index (χ1) is 6.75. The Morgan fingerprint density at radius 1 is 1.50 bits per heavy atom. The molecule has 1 amide bonds. The van der Waals surface area contributed by atoms with Crippen LogP contribution in [0, 0.1) is 0 Å². The van der Waals surface area contributed by atoms with Crippen LogP contribution in [0.1, 0.15) is 10.4 Å². The van der Waals surface area contributed by atoms with E-state index in [0.717, 1.165) is 6.61 Å². The van der Waals surface area contributed by atoms with Gasteiger partial charge in [0.05, 0.1) is 12.7 Å². The molecule has 4 heteroatoms. The Hall–Kier alpha value is -1.06. The summed E-state index contributed by atoms with van der Waals surface area (Å²) in [6.07, 6.45) is 0.214. The number of nitrogens with one attached hydrogen (secondary N) is 1. The molecule has 3 nitrogen and oxygen atoms in total. The van der Waals surface area contributed by atoms with Crippen LogP contribution in [0.3, 0.4) is 0 Å². The van der Waals surface area contributed by atoms with Crippen LogP contribution in [0.4, 0.5) is 0 Å². The zero-order valence-electron chi connectivity index (χ0n) is 7.50. The average molecular weight is 212 g/mol. The number of hydrogen-bond acceptors (Lipinski definition) is 2. The van der Waals surface area contributed by atoms with E-state index in [1.807, 2.05) is 0 Å². The van der Waals surface area contributed by atoms with Gasteiger partial charge in [-0.25, -0.2) is 0 Å². The van der Waals surface area contributed by atoms with Crippen molar-refractivity contribution < 1.29 is 9.53 Å². The molecule has 1 N–H and O–H groups in total. The number of amides is 1. The number of carbonyl (C=O) groups excluding carboxylic acids is 1. The molecular weight excluding hydrogens is 202 g/mol. The highest BCUT2D eigenvalue weighted by Gasteiger charge is 2.22. The van der Waals surface area contributed by atoms with Gasteiger partial charge >= 0.3 is 0 Å². The number of ether oxygens (including phenoxy) is 1. The molecule has 1 atom stereocenters. The largest absolute Gasteiger partial charge is 0.371 e. The third kappa shape index (κ3) is 2.47. The second-order valence-electron chi connectivity index (χ2n) is 3.17. The molecule has 0 spiro atoms. The number of hydrogen-bond donors (Lipinski definition) is 1. The van der Waals surface area contributed by atoms with E-state index in [4.69, 9.17) is 16.3 Å². The molecule has 0 aromatic heterocycles. The minimum Gasteiger partial charge on any atom is -0.371 e. The zero-order chi connectivity index (χ0) is 9.97. The molecule has 0 radical (unpaired) electrons. The fraction of sp³-hybridized carbons (Fsp3) is 0.300. The standard InChI is InChI=1S/C10H10ClNO2/c11-8-3-1-7(2-4-8)10(13)12-5-9-6-14-9/h1-4,9H,5-6H2,(H,12,13)/t9-/m1/s1. The van der Waals surface area contributed by atoms with Gasteiger partial charge in [-0.2, -0.15) is 0 Å². The van der Waals surface area contributed by atoms with Crippen LogP contribution < -0.4 is 5.32 Å². The molecule has 1 aromatic carbocycles. The van der Waals surface area contributed by atoms with Crippen molar-refractivity contribution in [3.05, 3.63) is 34.9 Å². The Balaban J connectivity index is 1.92. The van der Waals surface area contributed by atoms with Crippen molar-refractivity contribution in [3.8, 4) is 0 Å². The predicted octanol–water partition coefficient (Wildman–Crippen LogP) is 1.47. The third-order valence-corrected chi connectivity index (χ3v) is 2.25. The fourth-order valence-electron chi connectivity index (χ4n) is 1.10. The quantitative estimate of drug-likeness (QED) is 0.770. The highest BCUT2D eigenvalue weighted by atomic mass is 35.5. The van der Waals surface area contributed by atoms with E-state index in [9.17, 15) is 4.79 Å². The SMILES string of the molecule is O=C(NC[C@@H]1CO1)c1ccc(Cl)cc1. The maximum absolute atomic E-state index is 11.5. The number of halogens is 1. The summed E-state index contributed by atoms with van der Waals surface area (Å²) in [6, 6.07) is 6.80. The molecule has 1 aromatic rings. The number of benzene rings is 1. The topological polar surface area (TPSA) is 41.6 Å². The normalized spacial score (nSPS) is 19.1. The molecule has 1 fully saturated rings. The van der Waals surface area contributed by atoms with E-state index in [2.05, 4.69) is 5.32 Å². The van der Waals surface area contributed by atoms with Crippen molar-refractivity contribution >= 4 is 17.5 Å². The summed E-state index contributed by atoms with van der Waals surface area (Å²) in [5.74, 6) is -0.0860. The summed E-state index contributed by atoms with van der Waals surface area (Å²) in [5.41, 5.74) is 0.620. The molecular formula is C10H10ClNO2. The maximum atomic E-state index is 11.5. The van der Waals surface area contributed by atoms with Crippen LogP contribution in [0.2, 0.25) is 5.02 Å². The smallest absolute Gasteiger partial charge is 0.251 e. The lowest BCUT2D eigenvalue weighted by Gasteiger charge is -2.02. The molecule has 1 heterocycles. The average Bonchev–Trinajstić information content (AvgIpc) is 2.99. The lowest BCUT2D eigenvalue weighted by molar-refractivity contribution is 0.0950. The van der Waals surface area contributed by atoms with Gasteiger partial charge in [-0.3, -0.25) is 4.79 Å². The van der Waals surface area contributed by atoms with Crippen LogP contribution >= 0.6 is 11.6 Å². The van der Waals surface area contributed by atoms with Gasteiger partial charge in [0.15, 0.2) is 0 Å². The van der Waals surface area contributed by atoms with Crippen molar-refractivity contribution in [2.75, 3.05) is 13.2 Å². The number of carbonyl (C=O) groups is 1. The third-order valence-electron chi connectivity index (χ3n) is 2.00. The monoisotopic (exact) mass is 211 g/mol. The summed E-state index contributed by atoms with van der Waals surface area (Å²) in [4.78, 5) is 11.5. The first-order valence-corrected chi connectivity index (χ1v) is 4.79. The molecule has 1 saturated heterocycles. The van der Waals surface area contributed by atoms with Crippen molar-refractivity contribution in [1.29, 1.82) is 0 Å². The van der Waals surface area contributed by atoms with E-state index in [0.29, 0.717) is 17.1 Å². The Bertz CT molecular complexity index is 332. The zero-order valence-corrected chi connectivity index (χ0v) is 8.25. The van der Waals surface area contributed by atoms with E-state index >= 15 is 0 Å². The predicted molar refractivity (Wildman–Crippen MR) is 53.5 cm³/mol. The van der Waals surface area contributed by atoms with E-state index in [-0.39, 0.29) is 12.0 Å². The molecule has 0 aliphatic carbocycles. The first kappa shape index (κ1) is 9.49. The molecule has 1 aliphatic rings. The van der Waals surface area contributed by atoms with Gasteiger partial charge in [0.2, 0.25) is 0 Å². The fourth-order valence-corrected chi connectivity index (χ4v) is 1.22. The van der Waals surface area contributed by atoms with Gasteiger partial charge in [-0.1, -0.05) is 11.6 Å². The first-order valence-electron chi connectivity index (χ1n) is 4.41. The van der Waals surface area contributed by atoms with Gasteiger partial charge in [-0.05, 0) is 24.3 Å². The lowest BCUT2D eigenvalue weighted by Crippen LogP contribution is -2.27. The molecule has 1 aliphatic heterocycles. The highest BCUT2D eigenvalue weighted by molar-refractivity contribution is 6.30. The number of epoxide rings is 1. The van der Waals surface area contributed by atoms with Crippen LogP contribution in [-0.4, -0.2) is 25.2 Å². The van der Waals surface area contributed by atoms with Crippen LogP contribution in [0.5, 0.6) is 0 Å². The summed E-state index contributed by atoms with van der Waals surface area (Å²) in [5, 5.41) is 3.40. The second-order valence-corrected chi connectivity index (χ2v) is 3.61. The molecule has 0 unspecified atom stereocenters. The van der Waals surface area contributed by atoms with Crippen LogP contribution in [-0.2, 0) is 4.74 Å². The minimum absolute atomic E-state index is 0.0860. The van der Waals surface area contributed by atoms with Gasteiger partial charge in [-0.15, -0.1) is 0 Å². The minimum atomic E-state index is -0.0860. The van der Waals surface area contributed by atoms with Crippen LogP contribution in [0.15, 0.2) is 24.3 Å². The lowest BCUT2D eigenvalue weighted by atomic mass is 10.2. The summed E-state index contributed by atoms with van der Waals surface area (Å²) >= 11 is 5.70. The van der Waals surface area contributed by atoms with E-state index in [1.165, 1.54) is 0 Å². The molecule has 74 valence electrons. The molecule has 14 heavy (non-hydrogen) atoms. The van der Waals surface area contributed by atoms with Crippen molar-refractivity contribution in [2.24, 2.45) is 0 Å². The van der Waals surface area contributed by atoms with Gasteiger partial charge in [0, 0.05) is 17.1 Å². The highest BCUT2D eigenvalue weighted by Crippen LogP contribution is 2.10. The van der Waals surface area contributed by atoms with Gasteiger partial charge < -0.3 is 10.1 Å². The number of rotatable bonds is 3. The molecule has 2 rings (SSSR count). The second kappa shape index (κ2) is 3.98. The van der Waals surface area contributed by atoms with E-state index in [1.54, 1.807) is 24.3 Å². The van der Waals surface area contributed by atoms with Gasteiger partial charge in [0.25, 0.3) is 5.91 Å². The summed E-state index contributed by atoms with van der Waals surface area (Å²) in [6.45, 7) is 1.34. The summed E-state index contributed by atoms with van der Waals surface area (Å²) < 4.78 is 4.98.